The van der Waals surface area contributed by atoms with E-state index in [0.717, 1.165) is 23.1 Å². The van der Waals surface area contributed by atoms with Crippen molar-refractivity contribution in [3.8, 4) is 0 Å². The molecule has 1 unspecified atom stereocenters. The molecule has 0 saturated heterocycles. The summed E-state index contributed by atoms with van der Waals surface area (Å²) in [6.45, 7) is 1.88. The monoisotopic (exact) mass is 345 g/mol. The molecule has 0 radical (unpaired) electrons. The Morgan fingerprint density at radius 2 is 2.16 bits per heavy atom. The van der Waals surface area contributed by atoms with Crippen molar-refractivity contribution in [2.75, 3.05) is 19.9 Å². The van der Waals surface area contributed by atoms with Gasteiger partial charge in [-0.25, -0.2) is 0 Å². The van der Waals surface area contributed by atoms with Crippen LogP contribution < -0.4 is 5.32 Å². The topological polar surface area (TPSA) is 38.3 Å². The Morgan fingerprint density at radius 1 is 1.47 bits per heavy atom. The number of carbonyl (C=O) groups is 1. The molecule has 3 nitrogen and oxygen atoms in total. The Balaban J connectivity index is 2.42. The molecule has 1 rings (SSSR count). The maximum Gasteiger partial charge on any atom is 0.325 e. The summed E-state index contributed by atoms with van der Waals surface area (Å²) in [6.07, 6.45) is 1.70. The summed E-state index contributed by atoms with van der Waals surface area (Å²) >= 11 is 5.32. The summed E-state index contributed by atoms with van der Waals surface area (Å²) in [5, 5.41) is 3.05. The fourth-order valence-electron chi connectivity index (χ4n) is 1.72. The fourth-order valence-corrected chi connectivity index (χ4v) is 3.24. The Bertz CT molecular complexity index is 428. The van der Waals surface area contributed by atoms with Gasteiger partial charge in [-0.2, -0.15) is 0 Å². The maximum atomic E-state index is 11.7. The molecule has 0 amide bonds. The van der Waals surface area contributed by atoms with Gasteiger partial charge in [-0.05, 0) is 60.6 Å². The van der Waals surface area contributed by atoms with E-state index < -0.39 is 5.54 Å². The molecule has 0 aromatic heterocycles. The van der Waals surface area contributed by atoms with E-state index in [-0.39, 0.29) is 5.97 Å². The number of nitrogens with one attached hydrogen (secondary N) is 1. The van der Waals surface area contributed by atoms with Gasteiger partial charge in [0.25, 0.3) is 0 Å². The molecule has 106 valence electrons. The van der Waals surface area contributed by atoms with Gasteiger partial charge in [0.15, 0.2) is 0 Å². The third kappa shape index (κ3) is 4.82. The summed E-state index contributed by atoms with van der Waals surface area (Å²) in [6, 6.07) is 8.16. The van der Waals surface area contributed by atoms with Crippen molar-refractivity contribution in [1.29, 1.82) is 0 Å². The SMILES string of the molecule is CNC(C)(CCCSc1ccccc1Br)C(=O)OC. The third-order valence-corrected chi connectivity index (χ3v) is 5.22. The van der Waals surface area contributed by atoms with Gasteiger partial charge in [-0.3, -0.25) is 4.79 Å². The van der Waals surface area contributed by atoms with Gasteiger partial charge >= 0.3 is 5.97 Å². The lowest BCUT2D eigenvalue weighted by atomic mass is 9.97. The Morgan fingerprint density at radius 3 is 2.74 bits per heavy atom. The minimum atomic E-state index is -0.594. The van der Waals surface area contributed by atoms with E-state index in [1.807, 2.05) is 25.1 Å². The van der Waals surface area contributed by atoms with Crippen LogP contribution in [0.3, 0.4) is 0 Å². The van der Waals surface area contributed by atoms with E-state index in [1.54, 1.807) is 18.8 Å². The molecular weight excluding hydrogens is 326 g/mol. The summed E-state index contributed by atoms with van der Waals surface area (Å²) in [7, 11) is 3.21. The number of benzene rings is 1. The van der Waals surface area contributed by atoms with Gasteiger partial charge < -0.3 is 10.1 Å². The standard InChI is InChI=1S/C14H20BrNO2S/c1-14(16-2,13(17)18-3)9-6-10-19-12-8-5-4-7-11(12)15/h4-5,7-8,16H,6,9-10H2,1-3H3. The maximum absolute atomic E-state index is 11.7. The molecule has 1 N–H and O–H groups in total. The molecule has 0 spiro atoms. The number of hydrogen-bond acceptors (Lipinski definition) is 4. The van der Waals surface area contributed by atoms with Crippen molar-refractivity contribution >= 4 is 33.7 Å². The Kier molecular flexibility index (Phi) is 6.89. The Labute approximate surface area is 127 Å². The summed E-state index contributed by atoms with van der Waals surface area (Å²) in [4.78, 5) is 12.9. The van der Waals surface area contributed by atoms with Crippen molar-refractivity contribution in [3.05, 3.63) is 28.7 Å². The van der Waals surface area contributed by atoms with E-state index in [4.69, 9.17) is 4.74 Å². The highest BCUT2D eigenvalue weighted by Gasteiger charge is 2.31. The lowest BCUT2D eigenvalue weighted by molar-refractivity contribution is -0.148. The van der Waals surface area contributed by atoms with Crippen molar-refractivity contribution < 1.29 is 9.53 Å². The number of thioether (sulfide) groups is 1. The second-order valence-corrected chi connectivity index (χ2v) is 6.45. The molecule has 0 heterocycles. The summed E-state index contributed by atoms with van der Waals surface area (Å²) < 4.78 is 5.94. The van der Waals surface area contributed by atoms with Gasteiger partial charge in [-0.1, -0.05) is 12.1 Å². The number of methoxy groups -OCH3 is 1. The van der Waals surface area contributed by atoms with E-state index >= 15 is 0 Å². The second kappa shape index (κ2) is 7.92. The predicted molar refractivity (Wildman–Crippen MR) is 83.6 cm³/mol. The average Bonchev–Trinajstić information content (AvgIpc) is 2.44. The third-order valence-electron chi connectivity index (χ3n) is 3.10. The van der Waals surface area contributed by atoms with Crippen LogP contribution in [0.15, 0.2) is 33.6 Å². The predicted octanol–water partition coefficient (Wildman–Crippen LogP) is 3.47. The first kappa shape index (κ1) is 16.5. The normalized spacial score (nSPS) is 13.9. The molecule has 0 saturated carbocycles. The molecule has 0 aliphatic rings. The second-order valence-electron chi connectivity index (χ2n) is 4.46. The number of rotatable bonds is 7. The van der Waals surface area contributed by atoms with Gasteiger partial charge in [-0.15, -0.1) is 11.8 Å². The molecule has 0 aliphatic carbocycles. The summed E-state index contributed by atoms with van der Waals surface area (Å²) in [5.74, 6) is 0.762. The zero-order valence-corrected chi connectivity index (χ0v) is 13.9. The first-order valence-electron chi connectivity index (χ1n) is 6.18. The van der Waals surface area contributed by atoms with Gasteiger partial charge in [0.05, 0.1) is 7.11 Å². The average molecular weight is 346 g/mol. The van der Waals surface area contributed by atoms with Crippen molar-refractivity contribution in [2.45, 2.75) is 30.2 Å². The molecule has 1 aromatic carbocycles. The highest BCUT2D eigenvalue weighted by atomic mass is 79.9. The lowest BCUT2D eigenvalue weighted by Gasteiger charge is -2.25. The van der Waals surface area contributed by atoms with Crippen LogP contribution in [0, 0.1) is 0 Å². The van der Waals surface area contributed by atoms with Crippen LogP contribution in [0.4, 0.5) is 0 Å². The highest BCUT2D eigenvalue weighted by Crippen LogP contribution is 2.28. The number of ether oxygens (including phenoxy) is 1. The van der Waals surface area contributed by atoms with Crippen molar-refractivity contribution in [2.24, 2.45) is 0 Å². The number of carbonyl (C=O) groups excluding carboxylic acids is 1. The van der Waals surface area contributed by atoms with Crippen LogP contribution in [-0.2, 0) is 9.53 Å². The molecular formula is C14H20BrNO2S. The molecule has 0 aliphatic heterocycles. The molecule has 0 fully saturated rings. The van der Waals surface area contributed by atoms with E-state index in [2.05, 4.69) is 27.3 Å². The molecule has 5 heteroatoms. The lowest BCUT2D eigenvalue weighted by Crippen LogP contribution is -2.48. The first-order valence-corrected chi connectivity index (χ1v) is 7.96. The number of likely N-dealkylation sites (N-methyl/N-ethyl adjacent to an activating group) is 1. The Hall–Kier alpha value is -0.520. The van der Waals surface area contributed by atoms with Gasteiger partial charge in [0.1, 0.15) is 5.54 Å². The number of esters is 1. The molecule has 1 aromatic rings. The first-order chi connectivity index (χ1) is 9.03. The fraction of sp³-hybridized carbons (Fsp3) is 0.500. The van der Waals surface area contributed by atoms with E-state index in [9.17, 15) is 4.79 Å². The smallest absolute Gasteiger partial charge is 0.325 e. The molecule has 19 heavy (non-hydrogen) atoms. The largest absolute Gasteiger partial charge is 0.468 e. The quantitative estimate of drug-likeness (QED) is 0.466. The number of halogens is 1. The van der Waals surface area contributed by atoms with Crippen LogP contribution in [0.5, 0.6) is 0 Å². The number of hydrogen-bond donors (Lipinski definition) is 1. The van der Waals surface area contributed by atoms with Crippen LogP contribution in [-0.4, -0.2) is 31.4 Å². The van der Waals surface area contributed by atoms with Crippen LogP contribution in [0.1, 0.15) is 19.8 Å². The highest BCUT2D eigenvalue weighted by molar-refractivity contribution is 9.10. The van der Waals surface area contributed by atoms with E-state index in [0.29, 0.717) is 0 Å². The van der Waals surface area contributed by atoms with Crippen molar-refractivity contribution in [1.82, 2.24) is 5.32 Å². The minimum Gasteiger partial charge on any atom is -0.468 e. The summed E-state index contributed by atoms with van der Waals surface area (Å²) in [5.41, 5.74) is -0.594. The zero-order valence-electron chi connectivity index (χ0n) is 11.5. The van der Waals surface area contributed by atoms with Crippen LogP contribution in [0.25, 0.3) is 0 Å². The molecule has 0 bridgehead atoms. The van der Waals surface area contributed by atoms with Crippen molar-refractivity contribution in [3.63, 3.8) is 0 Å². The van der Waals surface area contributed by atoms with Crippen LogP contribution >= 0.6 is 27.7 Å². The minimum absolute atomic E-state index is 0.208. The molecule has 1 atom stereocenters. The van der Waals surface area contributed by atoms with Gasteiger partial charge in [0, 0.05) is 9.37 Å². The van der Waals surface area contributed by atoms with Crippen LogP contribution in [0.2, 0.25) is 0 Å². The van der Waals surface area contributed by atoms with E-state index in [1.165, 1.54) is 12.0 Å². The van der Waals surface area contributed by atoms with Gasteiger partial charge in [0.2, 0.25) is 0 Å². The zero-order chi connectivity index (χ0) is 14.3.